The van der Waals surface area contributed by atoms with Crippen molar-refractivity contribution in [3.63, 3.8) is 0 Å². The second-order valence-electron chi connectivity index (χ2n) is 13.2. The summed E-state index contributed by atoms with van der Waals surface area (Å²) in [6.45, 7) is 8.37. The Hall–Kier alpha value is -7.48. The topological polar surface area (TPSA) is 158 Å². The summed E-state index contributed by atoms with van der Waals surface area (Å²) in [5.74, 6) is -7.80. The number of carbonyl (C=O) groups is 6. The molecule has 308 valence electrons. The Morgan fingerprint density at radius 3 is 1.87 bits per heavy atom. The smallest absolute Gasteiger partial charge is 0.371 e. The van der Waals surface area contributed by atoms with Crippen LogP contribution in [0.5, 0.6) is 28.7 Å². The van der Waals surface area contributed by atoms with Crippen molar-refractivity contribution in [1.29, 1.82) is 0 Å². The van der Waals surface area contributed by atoms with Gasteiger partial charge in [0.1, 0.15) is 11.5 Å². The molecule has 14 heteroatoms. The maximum Gasteiger partial charge on any atom is 0.371 e. The molecule has 0 amide bonds. The van der Waals surface area contributed by atoms with Gasteiger partial charge in [0.15, 0.2) is 29.4 Å². The van der Waals surface area contributed by atoms with Gasteiger partial charge in [0.2, 0.25) is 5.83 Å². The van der Waals surface area contributed by atoms with Crippen molar-refractivity contribution in [2.45, 2.75) is 39.0 Å². The number of hydrogen-bond acceptors (Lipinski definition) is 12. The first-order valence-electron chi connectivity index (χ1n) is 18.4. The number of unbranched alkanes of at least 4 members (excludes halogenated alkanes) is 3. The average molecular weight is 821 g/mol. The molecule has 0 aromatic heterocycles. The van der Waals surface area contributed by atoms with Gasteiger partial charge in [0.05, 0.1) is 36.0 Å². The summed E-state index contributed by atoms with van der Waals surface area (Å²) in [7, 11) is 1.27. The predicted molar refractivity (Wildman–Crippen MR) is 214 cm³/mol. The SMILES string of the molecule is C=C(C)C(=O)OCCCCCCc1ccc(C(=O)Oc2ccc(OC(=O)c3ccc(OC(=O)c4ccc5cc(OC(=O)C(=C)F)ccc5c4)c(OC)c3)c(C=O)c2F)cc1. The fourth-order valence-corrected chi connectivity index (χ4v) is 5.65. The van der Waals surface area contributed by atoms with Crippen LogP contribution in [-0.2, 0) is 20.7 Å². The molecule has 0 bridgehead atoms. The van der Waals surface area contributed by atoms with Crippen molar-refractivity contribution in [2.75, 3.05) is 13.7 Å². The van der Waals surface area contributed by atoms with Crippen molar-refractivity contribution in [3.8, 4) is 28.7 Å². The Labute approximate surface area is 342 Å². The molecule has 0 N–H and O–H groups in total. The minimum atomic E-state index is -1.25. The van der Waals surface area contributed by atoms with E-state index in [4.69, 9.17) is 28.4 Å². The lowest BCUT2D eigenvalue weighted by Crippen LogP contribution is -2.13. The van der Waals surface area contributed by atoms with E-state index in [1.54, 1.807) is 43.3 Å². The van der Waals surface area contributed by atoms with E-state index in [1.165, 1.54) is 49.6 Å². The molecular formula is C46H38F2O12. The molecule has 0 radical (unpaired) electrons. The highest BCUT2D eigenvalue weighted by Crippen LogP contribution is 2.32. The molecule has 0 aliphatic heterocycles. The Morgan fingerprint density at radius 2 is 1.18 bits per heavy atom. The van der Waals surface area contributed by atoms with Gasteiger partial charge in [0.25, 0.3) is 0 Å². The van der Waals surface area contributed by atoms with E-state index in [9.17, 15) is 33.2 Å². The van der Waals surface area contributed by atoms with Gasteiger partial charge in [-0.25, -0.2) is 28.4 Å². The second-order valence-corrected chi connectivity index (χ2v) is 13.2. The van der Waals surface area contributed by atoms with Gasteiger partial charge in [-0.05, 0) is 109 Å². The molecule has 0 atom stereocenters. The Kier molecular flexibility index (Phi) is 14.8. The van der Waals surface area contributed by atoms with Gasteiger partial charge in [-0.1, -0.05) is 50.3 Å². The van der Waals surface area contributed by atoms with E-state index >= 15 is 4.39 Å². The number of methoxy groups -OCH3 is 1. The number of halogens is 2. The highest BCUT2D eigenvalue weighted by molar-refractivity contribution is 5.98. The molecule has 0 aliphatic carbocycles. The third kappa shape index (κ3) is 11.3. The minimum absolute atomic E-state index is 0.0349. The summed E-state index contributed by atoms with van der Waals surface area (Å²) in [4.78, 5) is 73.9. The van der Waals surface area contributed by atoms with E-state index in [-0.39, 0.29) is 40.2 Å². The summed E-state index contributed by atoms with van der Waals surface area (Å²) in [5, 5.41) is 1.16. The molecule has 0 heterocycles. The Bertz CT molecular complexity index is 2490. The molecule has 0 saturated carbocycles. The van der Waals surface area contributed by atoms with Crippen molar-refractivity contribution in [3.05, 3.63) is 149 Å². The molecule has 0 fully saturated rings. The zero-order valence-corrected chi connectivity index (χ0v) is 32.5. The Balaban J connectivity index is 1.16. The monoisotopic (exact) mass is 820 g/mol. The standard InChI is InChI=1S/C46H38F2O12/c1-27(2)42(50)56-22-8-6-5-7-9-29-10-12-30(13-11-29)44(52)60-39-21-20-37(36(26-49)41(39)48)58-46(54)34-17-19-38(40(25-34)55-4)59-45(53)33-15-14-32-24-35(18-16-31(32)23-33)57-43(51)28(3)47/h10-21,23-26H,1,3,5-9,22H2,2,4H3. The molecule has 0 saturated heterocycles. The first-order chi connectivity index (χ1) is 28.8. The van der Waals surface area contributed by atoms with Crippen LogP contribution in [0.25, 0.3) is 10.8 Å². The van der Waals surface area contributed by atoms with Crippen LogP contribution in [0.2, 0.25) is 0 Å². The summed E-state index contributed by atoms with van der Waals surface area (Å²) in [6, 6.07) is 21.5. The number of esters is 5. The molecular weight excluding hydrogens is 782 g/mol. The van der Waals surface area contributed by atoms with Crippen molar-refractivity contribution in [1.82, 2.24) is 0 Å². The molecule has 5 aromatic rings. The van der Waals surface area contributed by atoms with Crippen LogP contribution in [0, 0.1) is 5.82 Å². The number of hydrogen-bond donors (Lipinski definition) is 0. The van der Waals surface area contributed by atoms with Gasteiger partial charge in [0, 0.05) is 5.57 Å². The second kappa shape index (κ2) is 20.3. The average Bonchev–Trinajstić information content (AvgIpc) is 3.24. The summed E-state index contributed by atoms with van der Waals surface area (Å²) in [5.41, 5.74) is 0.841. The summed E-state index contributed by atoms with van der Waals surface area (Å²) < 4.78 is 59.8. The molecule has 0 spiro atoms. The normalized spacial score (nSPS) is 10.6. The number of rotatable bonds is 18. The van der Waals surface area contributed by atoms with Crippen molar-refractivity contribution >= 4 is 46.9 Å². The predicted octanol–water partition coefficient (Wildman–Crippen LogP) is 9.07. The van der Waals surface area contributed by atoms with Crippen molar-refractivity contribution in [2.24, 2.45) is 0 Å². The van der Waals surface area contributed by atoms with E-state index in [2.05, 4.69) is 13.2 Å². The van der Waals surface area contributed by atoms with E-state index in [0.717, 1.165) is 49.8 Å². The van der Waals surface area contributed by atoms with Crippen LogP contribution < -0.4 is 23.7 Å². The van der Waals surface area contributed by atoms with Gasteiger partial charge in [-0.15, -0.1) is 0 Å². The number of fused-ring (bicyclic) bond motifs is 1. The van der Waals surface area contributed by atoms with E-state index < -0.39 is 58.6 Å². The summed E-state index contributed by atoms with van der Waals surface area (Å²) >= 11 is 0. The highest BCUT2D eigenvalue weighted by Gasteiger charge is 2.22. The number of aryl methyl sites for hydroxylation is 1. The van der Waals surface area contributed by atoms with E-state index in [1.807, 2.05) is 0 Å². The lowest BCUT2D eigenvalue weighted by molar-refractivity contribution is -0.139. The zero-order valence-electron chi connectivity index (χ0n) is 32.5. The van der Waals surface area contributed by atoms with Crippen LogP contribution in [0.1, 0.15) is 79.6 Å². The molecule has 12 nitrogen and oxygen atoms in total. The highest BCUT2D eigenvalue weighted by atomic mass is 19.1. The Morgan fingerprint density at radius 1 is 0.617 bits per heavy atom. The number of benzene rings is 5. The van der Waals surface area contributed by atoms with Gasteiger partial charge >= 0.3 is 29.8 Å². The first kappa shape index (κ1) is 43.6. The lowest BCUT2D eigenvalue weighted by atomic mass is 10.0. The maximum absolute atomic E-state index is 15.4. The lowest BCUT2D eigenvalue weighted by Gasteiger charge is -2.13. The zero-order chi connectivity index (χ0) is 43.3. The van der Waals surface area contributed by atoms with Crippen molar-refractivity contribution < 1.29 is 66.0 Å². The third-order valence-corrected chi connectivity index (χ3v) is 8.84. The largest absolute Gasteiger partial charge is 0.493 e. The van der Waals surface area contributed by atoms with Crippen LogP contribution in [0.15, 0.2) is 116 Å². The molecule has 0 unspecified atom stereocenters. The van der Waals surface area contributed by atoms with Crippen LogP contribution >= 0.6 is 0 Å². The van der Waals surface area contributed by atoms with Gasteiger partial charge in [-0.2, -0.15) is 4.39 Å². The minimum Gasteiger partial charge on any atom is -0.493 e. The third-order valence-electron chi connectivity index (χ3n) is 8.84. The van der Waals surface area contributed by atoms with Gasteiger partial charge < -0.3 is 28.4 Å². The number of ether oxygens (including phenoxy) is 6. The molecule has 5 rings (SSSR count). The summed E-state index contributed by atoms with van der Waals surface area (Å²) in [6.07, 6.45) is 4.29. The van der Waals surface area contributed by atoms with Crippen LogP contribution in [0.3, 0.4) is 0 Å². The van der Waals surface area contributed by atoms with Gasteiger partial charge in [-0.3, -0.25) is 4.79 Å². The first-order valence-corrected chi connectivity index (χ1v) is 18.4. The number of carbonyl (C=O) groups excluding carboxylic acids is 6. The number of aldehydes is 1. The fraction of sp³-hybridized carbons (Fsp3) is 0.174. The maximum atomic E-state index is 15.4. The molecule has 60 heavy (non-hydrogen) atoms. The van der Waals surface area contributed by atoms with E-state index in [0.29, 0.717) is 23.0 Å². The quantitative estimate of drug-likeness (QED) is 0.0272. The molecule has 5 aromatic carbocycles. The van der Waals surface area contributed by atoms with Crippen LogP contribution in [-0.4, -0.2) is 49.8 Å². The van der Waals surface area contributed by atoms with Crippen LogP contribution in [0.4, 0.5) is 8.78 Å². The molecule has 0 aliphatic rings. The fourth-order valence-electron chi connectivity index (χ4n) is 5.65.